The number of unbranched alkanes of at least 4 members (excludes halogenated alkanes) is 3. The second kappa shape index (κ2) is 10.7. The average molecular weight is 355 g/mol. The van der Waals surface area contributed by atoms with Crippen LogP contribution in [0.2, 0.25) is 0 Å². The lowest BCUT2D eigenvalue weighted by molar-refractivity contribution is -0.144. The second-order valence-electron chi connectivity index (χ2n) is 6.53. The number of carbonyl (C=O) groups excluding carboxylic acids is 1. The van der Waals surface area contributed by atoms with E-state index in [1.165, 1.54) is 11.1 Å². The van der Waals surface area contributed by atoms with Gasteiger partial charge in [-0.2, -0.15) is 0 Å². The van der Waals surface area contributed by atoms with Gasteiger partial charge in [-0.3, -0.25) is 4.79 Å². The van der Waals surface area contributed by atoms with Gasteiger partial charge in [0.25, 0.3) is 0 Å². The summed E-state index contributed by atoms with van der Waals surface area (Å²) in [6.45, 7) is 6.18. The smallest absolute Gasteiger partial charge is 0.222 e. The molecule has 2 atom stereocenters. The lowest BCUT2D eigenvalue weighted by Crippen LogP contribution is -2.48. The Labute approximate surface area is 152 Å². The number of benzene rings is 1. The van der Waals surface area contributed by atoms with Gasteiger partial charge in [0.05, 0.1) is 19.2 Å². The Morgan fingerprint density at radius 2 is 1.96 bits per heavy atom. The predicted molar refractivity (Wildman–Crippen MR) is 100 cm³/mol. The minimum absolute atomic E-state index is 0. The number of morpholine rings is 1. The van der Waals surface area contributed by atoms with E-state index in [0.29, 0.717) is 19.6 Å². The Morgan fingerprint density at radius 3 is 2.67 bits per heavy atom. The van der Waals surface area contributed by atoms with Crippen molar-refractivity contribution < 1.29 is 9.53 Å². The van der Waals surface area contributed by atoms with Crippen LogP contribution < -0.4 is 5.73 Å². The Balaban J connectivity index is 0.00000288. The van der Waals surface area contributed by atoms with E-state index in [-0.39, 0.29) is 30.5 Å². The molecule has 0 radical (unpaired) electrons. The molecule has 1 saturated heterocycles. The summed E-state index contributed by atoms with van der Waals surface area (Å²) in [5.41, 5.74) is 7.92. The number of carbonyl (C=O) groups is 1. The van der Waals surface area contributed by atoms with E-state index >= 15 is 0 Å². The van der Waals surface area contributed by atoms with Crippen molar-refractivity contribution in [2.24, 2.45) is 5.73 Å². The Kier molecular flexibility index (Phi) is 9.34. The first-order valence-electron chi connectivity index (χ1n) is 8.80. The molecule has 0 saturated carbocycles. The summed E-state index contributed by atoms with van der Waals surface area (Å²) in [5.74, 6) is 0.257. The lowest BCUT2D eigenvalue weighted by Gasteiger charge is -2.38. The number of ether oxygens (including phenoxy) is 1. The first kappa shape index (κ1) is 20.9. The van der Waals surface area contributed by atoms with E-state index in [9.17, 15) is 4.79 Å². The normalized spacial score (nSPS) is 20.5. The van der Waals surface area contributed by atoms with E-state index in [1.807, 2.05) is 17.0 Å². The molecule has 1 aromatic rings. The fraction of sp³-hybridized carbons (Fsp3) is 0.632. The number of halogens is 1. The fourth-order valence-corrected chi connectivity index (χ4v) is 3.16. The summed E-state index contributed by atoms with van der Waals surface area (Å²) in [7, 11) is 0. The molecule has 1 heterocycles. The van der Waals surface area contributed by atoms with Crippen molar-refractivity contribution in [3.8, 4) is 0 Å². The van der Waals surface area contributed by atoms with E-state index in [4.69, 9.17) is 10.5 Å². The SMILES string of the molecule is Cc1ccccc1C1CN(C(=O)CCCCCCN)C(C)CO1.Cl. The van der Waals surface area contributed by atoms with Crippen LogP contribution in [0.15, 0.2) is 24.3 Å². The van der Waals surface area contributed by atoms with Gasteiger partial charge in [0, 0.05) is 6.42 Å². The summed E-state index contributed by atoms with van der Waals surface area (Å²) in [6, 6.07) is 8.43. The van der Waals surface area contributed by atoms with E-state index in [0.717, 1.165) is 32.2 Å². The van der Waals surface area contributed by atoms with Crippen LogP contribution in [0.4, 0.5) is 0 Å². The molecule has 24 heavy (non-hydrogen) atoms. The van der Waals surface area contributed by atoms with Gasteiger partial charge in [0.1, 0.15) is 6.10 Å². The van der Waals surface area contributed by atoms with Gasteiger partial charge in [-0.15, -0.1) is 12.4 Å². The van der Waals surface area contributed by atoms with Crippen molar-refractivity contribution in [1.29, 1.82) is 0 Å². The largest absolute Gasteiger partial charge is 0.370 e. The first-order valence-corrected chi connectivity index (χ1v) is 8.80. The molecule has 2 rings (SSSR count). The average Bonchev–Trinajstić information content (AvgIpc) is 2.55. The molecule has 1 amide bonds. The number of hydrogen-bond acceptors (Lipinski definition) is 3. The van der Waals surface area contributed by atoms with Crippen LogP contribution in [0.25, 0.3) is 0 Å². The second-order valence-corrected chi connectivity index (χ2v) is 6.53. The van der Waals surface area contributed by atoms with Crippen LogP contribution in [-0.2, 0) is 9.53 Å². The quantitative estimate of drug-likeness (QED) is 0.761. The van der Waals surface area contributed by atoms with Gasteiger partial charge in [0.2, 0.25) is 5.91 Å². The first-order chi connectivity index (χ1) is 11.1. The summed E-state index contributed by atoms with van der Waals surface area (Å²) in [6.07, 6.45) is 4.84. The van der Waals surface area contributed by atoms with Crippen LogP contribution >= 0.6 is 12.4 Å². The highest BCUT2D eigenvalue weighted by Crippen LogP contribution is 2.27. The third kappa shape index (κ3) is 5.76. The Bertz CT molecular complexity index is 510. The Morgan fingerprint density at radius 1 is 1.25 bits per heavy atom. The van der Waals surface area contributed by atoms with Crippen LogP contribution in [0.5, 0.6) is 0 Å². The van der Waals surface area contributed by atoms with Crippen molar-refractivity contribution in [2.45, 2.75) is 58.1 Å². The van der Waals surface area contributed by atoms with Gasteiger partial charge in [-0.05, 0) is 44.4 Å². The number of nitrogens with two attached hydrogens (primary N) is 1. The number of hydrogen-bond donors (Lipinski definition) is 1. The molecule has 0 bridgehead atoms. The van der Waals surface area contributed by atoms with Gasteiger partial charge in [0.15, 0.2) is 0 Å². The third-order valence-electron chi connectivity index (χ3n) is 4.63. The zero-order valence-electron chi connectivity index (χ0n) is 14.9. The maximum absolute atomic E-state index is 12.5. The van der Waals surface area contributed by atoms with Crippen LogP contribution in [0.1, 0.15) is 56.3 Å². The molecule has 0 aromatic heterocycles. The van der Waals surface area contributed by atoms with E-state index in [1.54, 1.807) is 0 Å². The molecule has 4 nitrogen and oxygen atoms in total. The van der Waals surface area contributed by atoms with Crippen molar-refractivity contribution in [1.82, 2.24) is 4.90 Å². The summed E-state index contributed by atoms with van der Waals surface area (Å²) >= 11 is 0. The maximum Gasteiger partial charge on any atom is 0.222 e. The molecule has 1 fully saturated rings. The summed E-state index contributed by atoms with van der Waals surface area (Å²) in [4.78, 5) is 14.6. The molecular formula is C19H31ClN2O2. The molecule has 1 aliphatic heterocycles. The fourth-order valence-electron chi connectivity index (χ4n) is 3.16. The number of aryl methyl sites for hydroxylation is 1. The zero-order chi connectivity index (χ0) is 16.7. The molecule has 1 aromatic carbocycles. The molecule has 136 valence electrons. The highest BCUT2D eigenvalue weighted by molar-refractivity contribution is 5.85. The molecule has 0 aliphatic carbocycles. The van der Waals surface area contributed by atoms with Crippen molar-refractivity contribution in [3.05, 3.63) is 35.4 Å². The van der Waals surface area contributed by atoms with Gasteiger partial charge in [-0.25, -0.2) is 0 Å². The van der Waals surface area contributed by atoms with Crippen LogP contribution in [0.3, 0.4) is 0 Å². The predicted octanol–water partition coefficient (Wildman–Crippen LogP) is 3.61. The zero-order valence-corrected chi connectivity index (χ0v) is 15.7. The maximum atomic E-state index is 12.5. The number of amides is 1. The van der Waals surface area contributed by atoms with Crippen molar-refractivity contribution in [2.75, 3.05) is 19.7 Å². The minimum Gasteiger partial charge on any atom is -0.370 e. The highest BCUT2D eigenvalue weighted by atomic mass is 35.5. The summed E-state index contributed by atoms with van der Waals surface area (Å²) in [5, 5.41) is 0. The van der Waals surface area contributed by atoms with Crippen molar-refractivity contribution >= 4 is 18.3 Å². The van der Waals surface area contributed by atoms with Crippen LogP contribution in [-0.4, -0.2) is 36.5 Å². The lowest BCUT2D eigenvalue weighted by atomic mass is 10.0. The molecule has 2 unspecified atom stereocenters. The van der Waals surface area contributed by atoms with Gasteiger partial charge in [-0.1, -0.05) is 37.1 Å². The highest BCUT2D eigenvalue weighted by Gasteiger charge is 2.30. The molecule has 2 N–H and O–H groups in total. The number of rotatable bonds is 7. The topological polar surface area (TPSA) is 55.6 Å². The molecular weight excluding hydrogens is 324 g/mol. The third-order valence-corrected chi connectivity index (χ3v) is 4.63. The van der Waals surface area contributed by atoms with E-state index in [2.05, 4.69) is 26.0 Å². The van der Waals surface area contributed by atoms with Crippen LogP contribution in [0, 0.1) is 6.92 Å². The van der Waals surface area contributed by atoms with Gasteiger partial charge < -0.3 is 15.4 Å². The summed E-state index contributed by atoms with van der Waals surface area (Å²) < 4.78 is 5.99. The molecule has 1 aliphatic rings. The minimum atomic E-state index is -0.00594. The molecule has 0 spiro atoms. The monoisotopic (exact) mass is 354 g/mol. The van der Waals surface area contributed by atoms with E-state index < -0.39 is 0 Å². The van der Waals surface area contributed by atoms with Gasteiger partial charge >= 0.3 is 0 Å². The Hall–Kier alpha value is -1.10. The van der Waals surface area contributed by atoms with Crippen molar-refractivity contribution in [3.63, 3.8) is 0 Å². The standard InChI is InChI=1S/C19H30N2O2.ClH/c1-15-9-6-7-10-17(15)18-13-21(16(2)14-23-18)19(22)11-5-3-4-8-12-20;/h6-7,9-10,16,18H,3-5,8,11-14,20H2,1-2H3;1H. The molecule has 5 heteroatoms. The number of nitrogens with zero attached hydrogens (tertiary/aromatic N) is 1.